The van der Waals surface area contributed by atoms with Crippen LogP contribution >= 0.6 is 0 Å². The standard InChI is InChI=1S/C18H18N4O/c23-18(17-16-7-2-1-4-13(16)9-19-17)22-15-6-3-5-12(8-15)14-10-20-21-11-14/h3,5-6,8-11,19H,1-2,4,7H2,(H,20,21)(H,22,23). The van der Waals surface area contributed by atoms with Gasteiger partial charge in [-0.15, -0.1) is 0 Å². The third-order valence-corrected chi connectivity index (χ3v) is 4.38. The maximum Gasteiger partial charge on any atom is 0.272 e. The monoisotopic (exact) mass is 306 g/mol. The molecule has 5 nitrogen and oxygen atoms in total. The van der Waals surface area contributed by atoms with Gasteiger partial charge in [0, 0.05) is 23.6 Å². The second-order valence-corrected chi connectivity index (χ2v) is 5.90. The summed E-state index contributed by atoms with van der Waals surface area (Å²) in [5.74, 6) is -0.0718. The highest BCUT2D eigenvalue weighted by Gasteiger charge is 2.19. The van der Waals surface area contributed by atoms with Crippen molar-refractivity contribution in [2.24, 2.45) is 0 Å². The van der Waals surface area contributed by atoms with Crippen LogP contribution in [-0.2, 0) is 12.8 Å². The molecule has 1 amide bonds. The van der Waals surface area contributed by atoms with Crippen LogP contribution in [0.25, 0.3) is 11.1 Å². The van der Waals surface area contributed by atoms with Crippen LogP contribution < -0.4 is 5.32 Å². The summed E-state index contributed by atoms with van der Waals surface area (Å²) < 4.78 is 0. The summed E-state index contributed by atoms with van der Waals surface area (Å²) >= 11 is 0. The molecule has 0 saturated carbocycles. The zero-order valence-corrected chi connectivity index (χ0v) is 12.7. The van der Waals surface area contributed by atoms with Crippen molar-refractivity contribution in [1.29, 1.82) is 0 Å². The molecule has 116 valence electrons. The van der Waals surface area contributed by atoms with Crippen LogP contribution in [0.2, 0.25) is 0 Å². The van der Waals surface area contributed by atoms with Gasteiger partial charge in [-0.2, -0.15) is 5.10 Å². The summed E-state index contributed by atoms with van der Waals surface area (Å²) in [6.45, 7) is 0. The van der Waals surface area contributed by atoms with E-state index in [-0.39, 0.29) is 5.91 Å². The number of benzene rings is 1. The van der Waals surface area contributed by atoms with Crippen molar-refractivity contribution < 1.29 is 4.79 Å². The number of nitrogens with one attached hydrogen (secondary N) is 3. The van der Waals surface area contributed by atoms with Gasteiger partial charge in [-0.3, -0.25) is 9.89 Å². The fraction of sp³-hybridized carbons (Fsp3) is 0.222. The first kappa shape index (κ1) is 13.8. The molecule has 0 unspecified atom stereocenters. The number of aromatic nitrogens is 3. The van der Waals surface area contributed by atoms with Gasteiger partial charge in [-0.25, -0.2) is 0 Å². The first-order chi connectivity index (χ1) is 11.3. The minimum atomic E-state index is -0.0718. The van der Waals surface area contributed by atoms with Crippen molar-refractivity contribution >= 4 is 11.6 Å². The molecule has 5 heteroatoms. The molecule has 1 aliphatic rings. The van der Waals surface area contributed by atoms with Crippen molar-refractivity contribution in [2.75, 3.05) is 5.32 Å². The molecule has 0 saturated heterocycles. The molecular formula is C18H18N4O. The van der Waals surface area contributed by atoms with Crippen LogP contribution in [0.1, 0.15) is 34.5 Å². The molecule has 1 aliphatic carbocycles. The molecule has 2 heterocycles. The van der Waals surface area contributed by atoms with Crippen molar-refractivity contribution in [3.63, 3.8) is 0 Å². The molecule has 0 bridgehead atoms. The SMILES string of the molecule is O=C(Nc1cccc(-c2cn[nH]c2)c1)c1[nH]cc2c1CCCC2. The van der Waals surface area contributed by atoms with Crippen molar-refractivity contribution in [1.82, 2.24) is 15.2 Å². The van der Waals surface area contributed by atoms with Crippen LogP contribution in [0.3, 0.4) is 0 Å². The van der Waals surface area contributed by atoms with E-state index in [2.05, 4.69) is 20.5 Å². The highest BCUT2D eigenvalue weighted by Crippen LogP contribution is 2.26. The smallest absolute Gasteiger partial charge is 0.272 e. The number of fused-ring (bicyclic) bond motifs is 1. The minimum absolute atomic E-state index is 0.0718. The lowest BCUT2D eigenvalue weighted by Crippen LogP contribution is -2.15. The maximum atomic E-state index is 12.6. The number of nitrogens with zero attached hydrogens (tertiary/aromatic N) is 1. The number of carbonyl (C=O) groups excluding carboxylic acids is 1. The van der Waals surface area contributed by atoms with Gasteiger partial charge in [0.05, 0.1) is 6.20 Å². The average molecular weight is 306 g/mol. The number of hydrogen-bond acceptors (Lipinski definition) is 2. The summed E-state index contributed by atoms with van der Waals surface area (Å²) in [4.78, 5) is 15.7. The Bertz CT molecular complexity index is 833. The van der Waals surface area contributed by atoms with E-state index in [1.807, 2.05) is 36.7 Å². The predicted molar refractivity (Wildman–Crippen MR) is 89.4 cm³/mol. The molecular weight excluding hydrogens is 288 g/mol. The van der Waals surface area contributed by atoms with Crippen LogP contribution in [-0.4, -0.2) is 21.1 Å². The van der Waals surface area contributed by atoms with E-state index in [1.54, 1.807) is 6.20 Å². The van der Waals surface area contributed by atoms with Gasteiger partial charge >= 0.3 is 0 Å². The third kappa shape index (κ3) is 2.65. The topological polar surface area (TPSA) is 73.6 Å². The zero-order valence-electron chi connectivity index (χ0n) is 12.7. The second-order valence-electron chi connectivity index (χ2n) is 5.90. The zero-order chi connectivity index (χ0) is 15.6. The Morgan fingerprint density at radius 2 is 2.04 bits per heavy atom. The van der Waals surface area contributed by atoms with Gasteiger partial charge in [-0.05, 0) is 54.5 Å². The number of anilines is 1. The third-order valence-electron chi connectivity index (χ3n) is 4.38. The molecule has 0 atom stereocenters. The molecule has 0 spiro atoms. The predicted octanol–water partition coefficient (Wildman–Crippen LogP) is 3.54. The lowest BCUT2D eigenvalue weighted by Gasteiger charge is -2.12. The van der Waals surface area contributed by atoms with Crippen molar-refractivity contribution in [3.05, 3.63) is 59.7 Å². The summed E-state index contributed by atoms with van der Waals surface area (Å²) in [7, 11) is 0. The van der Waals surface area contributed by atoms with Crippen LogP contribution in [0.5, 0.6) is 0 Å². The number of H-pyrrole nitrogens is 2. The first-order valence-corrected chi connectivity index (χ1v) is 7.91. The summed E-state index contributed by atoms with van der Waals surface area (Å²) in [5.41, 5.74) is 5.97. The molecule has 0 fully saturated rings. The largest absolute Gasteiger partial charge is 0.357 e. The van der Waals surface area contributed by atoms with Crippen molar-refractivity contribution in [2.45, 2.75) is 25.7 Å². The van der Waals surface area contributed by atoms with Crippen LogP contribution in [0.4, 0.5) is 5.69 Å². The van der Waals surface area contributed by atoms with E-state index in [4.69, 9.17) is 0 Å². The normalized spacial score (nSPS) is 13.6. The van der Waals surface area contributed by atoms with Gasteiger partial charge in [0.25, 0.3) is 5.91 Å². The van der Waals surface area contributed by atoms with Gasteiger partial charge in [0.15, 0.2) is 0 Å². The van der Waals surface area contributed by atoms with Gasteiger partial charge in [0.2, 0.25) is 0 Å². The summed E-state index contributed by atoms with van der Waals surface area (Å²) in [5, 5.41) is 9.76. The molecule has 0 aliphatic heterocycles. The first-order valence-electron chi connectivity index (χ1n) is 7.91. The van der Waals surface area contributed by atoms with E-state index < -0.39 is 0 Å². The summed E-state index contributed by atoms with van der Waals surface area (Å²) in [6, 6.07) is 7.79. The molecule has 3 aromatic rings. The lowest BCUT2D eigenvalue weighted by atomic mass is 9.93. The summed E-state index contributed by atoms with van der Waals surface area (Å²) in [6.07, 6.45) is 9.99. The van der Waals surface area contributed by atoms with Crippen LogP contribution in [0.15, 0.2) is 42.9 Å². The van der Waals surface area contributed by atoms with Crippen LogP contribution in [0, 0.1) is 0 Å². The van der Waals surface area contributed by atoms with Gasteiger partial charge < -0.3 is 10.3 Å². The van der Waals surface area contributed by atoms with E-state index in [1.165, 1.54) is 17.5 Å². The number of carbonyl (C=O) groups is 1. The maximum absolute atomic E-state index is 12.6. The minimum Gasteiger partial charge on any atom is -0.357 e. The molecule has 23 heavy (non-hydrogen) atoms. The molecule has 1 aromatic carbocycles. The number of aryl methyl sites for hydroxylation is 1. The van der Waals surface area contributed by atoms with E-state index in [0.717, 1.165) is 36.1 Å². The fourth-order valence-corrected chi connectivity index (χ4v) is 3.20. The number of rotatable bonds is 3. The van der Waals surface area contributed by atoms with E-state index in [0.29, 0.717) is 5.69 Å². The Kier molecular flexibility index (Phi) is 3.46. The van der Waals surface area contributed by atoms with E-state index >= 15 is 0 Å². The molecule has 2 aromatic heterocycles. The quantitative estimate of drug-likeness (QED) is 0.692. The Morgan fingerprint density at radius 1 is 1.13 bits per heavy atom. The second kappa shape index (κ2) is 5.76. The Labute approximate surface area is 134 Å². The Balaban J connectivity index is 1.57. The average Bonchev–Trinajstić information content (AvgIpc) is 3.25. The van der Waals surface area contributed by atoms with Crippen molar-refractivity contribution in [3.8, 4) is 11.1 Å². The fourth-order valence-electron chi connectivity index (χ4n) is 3.20. The highest BCUT2D eigenvalue weighted by atomic mass is 16.1. The Hall–Kier alpha value is -2.82. The number of amides is 1. The lowest BCUT2D eigenvalue weighted by molar-refractivity contribution is 0.102. The van der Waals surface area contributed by atoms with Gasteiger partial charge in [0.1, 0.15) is 5.69 Å². The number of aromatic amines is 2. The molecule has 0 radical (unpaired) electrons. The highest BCUT2D eigenvalue weighted by molar-refractivity contribution is 6.04. The van der Waals surface area contributed by atoms with E-state index in [9.17, 15) is 4.79 Å². The molecule has 3 N–H and O–H groups in total. The molecule has 4 rings (SSSR count). The van der Waals surface area contributed by atoms with Gasteiger partial charge in [-0.1, -0.05) is 12.1 Å². The Morgan fingerprint density at radius 3 is 2.91 bits per heavy atom. The number of hydrogen-bond donors (Lipinski definition) is 3.